The lowest BCUT2D eigenvalue weighted by molar-refractivity contribution is 0.00610. The number of likely N-dealkylation sites (N-methyl/N-ethyl adjacent to an activating group) is 1. The Bertz CT molecular complexity index is 581. The molecular weight excluding hydrogens is 288 g/mol. The van der Waals surface area contributed by atoms with Gasteiger partial charge in [-0.05, 0) is 29.8 Å². The molecule has 1 aromatic carbocycles. The number of rotatable bonds is 4. The average Bonchev–Trinajstić information content (AvgIpc) is 2.61. The summed E-state index contributed by atoms with van der Waals surface area (Å²) in [7, 11) is 1.77. The van der Waals surface area contributed by atoms with E-state index in [1.54, 1.807) is 7.11 Å². The van der Waals surface area contributed by atoms with Crippen molar-refractivity contribution in [2.24, 2.45) is 0 Å². The van der Waals surface area contributed by atoms with Crippen LogP contribution in [0, 0.1) is 11.3 Å². The van der Waals surface area contributed by atoms with Crippen LogP contribution in [0.15, 0.2) is 18.2 Å². The predicted octanol–water partition coefficient (Wildman–Crippen LogP) is 1.36. The summed E-state index contributed by atoms with van der Waals surface area (Å²) in [6, 6.07) is 8.91. The van der Waals surface area contributed by atoms with Gasteiger partial charge in [0.15, 0.2) is 0 Å². The Morgan fingerprint density at radius 1 is 1.43 bits per heavy atom. The molecule has 1 fully saturated rings. The number of ether oxygens (including phenoxy) is 1. The molecule has 5 heteroatoms. The van der Waals surface area contributed by atoms with Gasteiger partial charge in [0.1, 0.15) is 0 Å². The molecule has 0 radical (unpaired) electrons. The molecule has 0 amide bonds. The molecule has 2 atom stereocenters. The van der Waals surface area contributed by atoms with E-state index in [0.29, 0.717) is 18.7 Å². The maximum absolute atomic E-state index is 9.19. The number of fused-ring (bicyclic) bond motifs is 1. The largest absolute Gasteiger partial charge is 0.369 e. The lowest BCUT2D eigenvalue weighted by Crippen LogP contribution is -2.56. The van der Waals surface area contributed by atoms with Crippen molar-refractivity contribution in [3.63, 3.8) is 0 Å². The second kappa shape index (κ2) is 7.41. The third-order valence-electron chi connectivity index (χ3n) is 5.13. The zero-order valence-corrected chi connectivity index (χ0v) is 14.1. The first-order valence-corrected chi connectivity index (χ1v) is 8.45. The molecule has 0 bridgehead atoms. The minimum absolute atomic E-state index is 0.435. The van der Waals surface area contributed by atoms with Gasteiger partial charge in [-0.2, -0.15) is 5.26 Å². The van der Waals surface area contributed by atoms with E-state index in [2.05, 4.69) is 40.2 Å². The van der Waals surface area contributed by atoms with Gasteiger partial charge in [-0.15, -0.1) is 0 Å². The van der Waals surface area contributed by atoms with Gasteiger partial charge in [0.25, 0.3) is 0 Å². The van der Waals surface area contributed by atoms with Gasteiger partial charge in [0.05, 0.1) is 18.4 Å². The molecule has 124 valence electrons. The van der Waals surface area contributed by atoms with Crippen LogP contribution in [-0.2, 0) is 11.3 Å². The zero-order chi connectivity index (χ0) is 16.2. The summed E-state index contributed by atoms with van der Waals surface area (Å²) in [5.41, 5.74) is 3.48. The van der Waals surface area contributed by atoms with Gasteiger partial charge in [-0.1, -0.05) is 13.0 Å². The fourth-order valence-electron chi connectivity index (χ4n) is 3.92. The van der Waals surface area contributed by atoms with Gasteiger partial charge >= 0.3 is 0 Å². The van der Waals surface area contributed by atoms with Crippen molar-refractivity contribution in [3.8, 4) is 6.07 Å². The van der Waals surface area contributed by atoms with Crippen LogP contribution in [-0.4, -0.2) is 62.4 Å². The van der Waals surface area contributed by atoms with Crippen LogP contribution in [0.25, 0.3) is 0 Å². The summed E-state index contributed by atoms with van der Waals surface area (Å²) in [5, 5.41) is 12.7. The summed E-state index contributed by atoms with van der Waals surface area (Å²) in [5.74, 6) is 0.453. The van der Waals surface area contributed by atoms with Crippen LogP contribution in [0.3, 0.4) is 0 Å². The second-order valence-corrected chi connectivity index (χ2v) is 6.46. The quantitative estimate of drug-likeness (QED) is 0.909. The van der Waals surface area contributed by atoms with Crippen molar-refractivity contribution in [3.05, 3.63) is 34.9 Å². The third-order valence-corrected chi connectivity index (χ3v) is 5.13. The molecule has 0 aliphatic carbocycles. The van der Waals surface area contributed by atoms with Gasteiger partial charge in [0.2, 0.25) is 0 Å². The molecule has 5 nitrogen and oxygen atoms in total. The summed E-state index contributed by atoms with van der Waals surface area (Å²) in [4.78, 5) is 4.93. The van der Waals surface area contributed by atoms with Crippen molar-refractivity contribution in [1.82, 2.24) is 15.1 Å². The number of hydrogen-bond donors (Lipinski definition) is 1. The molecule has 3 rings (SSSR count). The number of methoxy groups -OCH3 is 1. The first-order chi connectivity index (χ1) is 11.3. The molecule has 2 heterocycles. The number of nitrogens with one attached hydrogen (secondary N) is 1. The van der Waals surface area contributed by atoms with Crippen molar-refractivity contribution < 1.29 is 4.74 Å². The minimum Gasteiger partial charge on any atom is -0.369 e. The maximum Gasteiger partial charge on any atom is 0.0991 e. The van der Waals surface area contributed by atoms with E-state index in [1.165, 1.54) is 11.1 Å². The average molecular weight is 314 g/mol. The summed E-state index contributed by atoms with van der Waals surface area (Å²) in [6.07, 6.45) is 0. The Morgan fingerprint density at radius 3 is 3.04 bits per heavy atom. The SMILES string of the molecule is CCN1Cc2cc(C#N)ccc2C(C2CNCCN2COC)C1. The smallest absolute Gasteiger partial charge is 0.0991 e. The van der Waals surface area contributed by atoms with Crippen molar-refractivity contribution in [1.29, 1.82) is 5.26 Å². The lowest BCUT2D eigenvalue weighted by Gasteiger charge is -2.44. The lowest BCUT2D eigenvalue weighted by atomic mass is 9.82. The van der Waals surface area contributed by atoms with E-state index in [9.17, 15) is 5.26 Å². The number of hydrogen-bond acceptors (Lipinski definition) is 5. The summed E-state index contributed by atoms with van der Waals surface area (Å²) >= 11 is 0. The van der Waals surface area contributed by atoms with Crippen LogP contribution in [0.2, 0.25) is 0 Å². The van der Waals surface area contributed by atoms with Crippen LogP contribution in [0.1, 0.15) is 29.5 Å². The number of piperazine rings is 1. The van der Waals surface area contributed by atoms with Crippen LogP contribution >= 0.6 is 0 Å². The van der Waals surface area contributed by atoms with E-state index in [-0.39, 0.29) is 0 Å². The van der Waals surface area contributed by atoms with Crippen molar-refractivity contribution in [2.75, 3.05) is 46.6 Å². The molecular formula is C18H26N4O. The Labute approximate surface area is 138 Å². The van der Waals surface area contributed by atoms with Gasteiger partial charge in [-0.25, -0.2) is 0 Å². The first-order valence-electron chi connectivity index (χ1n) is 8.45. The highest BCUT2D eigenvalue weighted by atomic mass is 16.5. The van der Waals surface area contributed by atoms with E-state index >= 15 is 0 Å². The van der Waals surface area contributed by atoms with Gasteiger partial charge < -0.3 is 10.1 Å². The van der Waals surface area contributed by atoms with Crippen LogP contribution in [0.5, 0.6) is 0 Å². The van der Waals surface area contributed by atoms with E-state index in [4.69, 9.17) is 4.74 Å². The summed E-state index contributed by atoms with van der Waals surface area (Å²) < 4.78 is 5.42. The third kappa shape index (κ3) is 3.41. The highest BCUT2D eigenvalue weighted by Crippen LogP contribution is 2.33. The van der Waals surface area contributed by atoms with E-state index < -0.39 is 0 Å². The maximum atomic E-state index is 9.19. The van der Waals surface area contributed by atoms with E-state index in [1.807, 2.05) is 6.07 Å². The van der Waals surface area contributed by atoms with Crippen LogP contribution in [0.4, 0.5) is 0 Å². The number of benzene rings is 1. The molecule has 2 aliphatic heterocycles. The second-order valence-electron chi connectivity index (χ2n) is 6.46. The minimum atomic E-state index is 0.435. The fourth-order valence-corrected chi connectivity index (χ4v) is 3.92. The fraction of sp³-hybridized carbons (Fsp3) is 0.611. The molecule has 0 saturated carbocycles. The molecule has 2 unspecified atom stereocenters. The van der Waals surface area contributed by atoms with E-state index in [0.717, 1.165) is 44.8 Å². The van der Waals surface area contributed by atoms with Crippen molar-refractivity contribution >= 4 is 0 Å². The Balaban J connectivity index is 1.93. The molecule has 23 heavy (non-hydrogen) atoms. The van der Waals surface area contributed by atoms with Crippen molar-refractivity contribution in [2.45, 2.75) is 25.4 Å². The predicted molar refractivity (Wildman–Crippen MR) is 90.1 cm³/mol. The van der Waals surface area contributed by atoms with Gasteiger partial charge in [-0.3, -0.25) is 9.80 Å². The Morgan fingerprint density at radius 2 is 2.30 bits per heavy atom. The normalized spacial score (nSPS) is 25.8. The highest BCUT2D eigenvalue weighted by molar-refractivity contribution is 5.42. The standard InChI is InChI=1S/C18H26N4O/c1-3-21-11-15-8-14(9-19)4-5-16(15)17(12-21)18-10-20-6-7-22(18)13-23-2/h4-5,8,17-18,20H,3,6-7,10-13H2,1-2H3. The number of nitrogens with zero attached hydrogens (tertiary/aromatic N) is 3. The molecule has 0 spiro atoms. The molecule has 0 aromatic heterocycles. The zero-order valence-electron chi connectivity index (χ0n) is 14.1. The Kier molecular flexibility index (Phi) is 5.29. The van der Waals surface area contributed by atoms with Crippen LogP contribution < -0.4 is 5.32 Å². The highest BCUT2D eigenvalue weighted by Gasteiger charge is 2.35. The monoisotopic (exact) mass is 314 g/mol. The topological polar surface area (TPSA) is 51.5 Å². The summed E-state index contributed by atoms with van der Waals surface area (Å²) in [6.45, 7) is 8.98. The molecule has 1 N–H and O–H groups in total. The molecule has 1 saturated heterocycles. The first kappa shape index (κ1) is 16.4. The van der Waals surface area contributed by atoms with Gasteiger partial charge in [0, 0.05) is 51.8 Å². The number of nitriles is 1. The Hall–Kier alpha value is -1.45. The molecule has 1 aromatic rings. The molecule has 2 aliphatic rings.